The molecule has 1 N–H and O–H groups in total. The zero-order chi connectivity index (χ0) is 49.2. The minimum absolute atomic E-state index is 0.0170. The molecule has 0 amide bonds. The van der Waals surface area contributed by atoms with Crippen LogP contribution in [0.4, 0.5) is 23.4 Å². The van der Waals surface area contributed by atoms with E-state index in [1.165, 1.54) is 61.2 Å². The number of likely N-dealkylation sites (N-methyl/N-ethyl adjacent to an activating group) is 1. The van der Waals surface area contributed by atoms with Gasteiger partial charge in [-0.15, -0.1) is 0 Å². The van der Waals surface area contributed by atoms with Crippen LogP contribution in [-0.4, -0.2) is 112 Å². The number of pyridine rings is 1. The fourth-order valence-electron chi connectivity index (χ4n) is 8.46. The maximum atomic E-state index is 15.9. The number of fused-ring (bicyclic) bond motifs is 2. The molecule has 2 atom stereocenters. The number of aromatic nitrogens is 5. The summed E-state index contributed by atoms with van der Waals surface area (Å²) in [5.41, 5.74) is 0.850. The van der Waals surface area contributed by atoms with Crippen molar-refractivity contribution in [1.82, 2.24) is 23.7 Å². The molecule has 3 aromatic heterocycles. The van der Waals surface area contributed by atoms with Crippen molar-refractivity contribution in [1.29, 1.82) is 0 Å². The van der Waals surface area contributed by atoms with E-state index in [0.29, 0.717) is 40.3 Å². The highest BCUT2D eigenvalue weighted by molar-refractivity contribution is 7.90. The summed E-state index contributed by atoms with van der Waals surface area (Å²) in [4.78, 5) is 36.1. The van der Waals surface area contributed by atoms with E-state index < -0.39 is 79.3 Å². The normalized spacial score (nSPS) is 13.9. The first-order valence-corrected chi connectivity index (χ1v) is 25.3. The van der Waals surface area contributed by atoms with Crippen LogP contribution in [0, 0.1) is 5.82 Å². The number of hydrogen-bond donors (Lipinski definition) is 1. The Labute approximate surface area is 389 Å². The third kappa shape index (κ3) is 10.8. The molecule has 0 bridgehead atoms. The van der Waals surface area contributed by atoms with E-state index in [1.54, 1.807) is 43.3 Å². The molecule has 22 heteroatoms. The maximum Gasteiger partial charge on any atom is 0.331 e. The number of aromatic amines is 1. The first-order valence-electron chi connectivity index (χ1n) is 21.2. The van der Waals surface area contributed by atoms with Crippen molar-refractivity contribution in [3.63, 3.8) is 0 Å². The van der Waals surface area contributed by atoms with Crippen LogP contribution in [0.3, 0.4) is 0 Å². The number of imidazole rings is 2. The molecule has 0 radical (unpaired) electrons. The summed E-state index contributed by atoms with van der Waals surface area (Å²) in [5, 5.41) is 0. The minimum Gasteiger partial charge on any atom is -0.493 e. The van der Waals surface area contributed by atoms with Crippen LogP contribution < -0.4 is 35.2 Å². The molecular weight excluding hydrogens is 937 g/mol. The van der Waals surface area contributed by atoms with Gasteiger partial charge in [0.15, 0.2) is 28.6 Å². The number of benzene rings is 3. The molecule has 0 spiro atoms. The number of methoxy groups -OCH3 is 2. The second-order valence-electron chi connectivity index (χ2n) is 16.5. The van der Waals surface area contributed by atoms with Gasteiger partial charge in [0, 0.05) is 38.6 Å². The SMILES string of the molecule is CCOc1cc(C(CS(C)(=O)=O)n2c(=O)[nH]c3c(Cc4ccc(CCOc5cc(C(CS(C)(=O)=O)n6c7c(n(CC(F)F)c6=O)C=C(F)CN7C)ccc5OC)cc4F)ccnc32)ccc1OC. The Hall–Kier alpha value is -6.55. The van der Waals surface area contributed by atoms with Gasteiger partial charge < -0.3 is 28.8 Å². The van der Waals surface area contributed by atoms with Gasteiger partial charge in [-0.25, -0.2) is 49.0 Å². The Morgan fingerprint density at radius 3 is 1.99 bits per heavy atom. The summed E-state index contributed by atoms with van der Waals surface area (Å²) < 4.78 is 135. The van der Waals surface area contributed by atoms with Gasteiger partial charge in [0.1, 0.15) is 37.1 Å². The van der Waals surface area contributed by atoms with Gasteiger partial charge >= 0.3 is 11.4 Å². The lowest BCUT2D eigenvalue weighted by molar-refractivity contribution is 0.124. The van der Waals surface area contributed by atoms with Crippen molar-refractivity contribution in [3.8, 4) is 23.0 Å². The summed E-state index contributed by atoms with van der Waals surface area (Å²) in [5.74, 6) is -1.03. The zero-order valence-electron chi connectivity index (χ0n) is 38.0. The summed E-state index contributed by atoms with van der Waals surface area (Å²) >= 11 is 0. The van der Waals surface area contributed by atoms with Crippen LogP contribution in [-0.2, 0) is 39.1 Å². The standard InChI is InChI=1S/C46H50F4N6O10S2/c1-7-65-39-20-29(10-12-37(39)63-3)35(25-67(5,59)60)55-43-42(52-45(55)57)31(14-16-51-43)19-28-9-8-27(18-33(28)48)15-17-66-40-21-30(11-13-38(40)64-4)36(26-68(6,61)62)56-44-34(22-32(47)23-53(44)2)54(46(56)58)24-41(49)50/h8-14,16,18,20-22,35-36,41H,7,15,17,19,23-26H2,1-6H3,(H,52,57). The van der Waals surface area contributed by atoms with E-state index in [0.717, 1.165) is 27.7 Å². The van der Waals surface area contributed by atoms with E-state index in [1.807, 2.05) is 0 Å². The van der Waals surface area contributed by atoms with Gasteiger partial charge in [-0.2, -0.15) is 0 Å². The molecule has 3 aromatic carbocycles. The van der Waals surface area contributed by atoms with E-state index in [4.69, 9.17) is 18.9 Å². The Bertz CT molecular complexity index is 3240. The molecule has 0 saturated carbocycles. The minimum atomic E-state index is -3.83. The molecule has 364 valence electrons. The highest BCUT2D eigenvalue weighted by atomic mass is 32.2. The molecule has 0 aliphatic carbocycles. The van der Waals surface area contributed by atoms with Crippen LogP contribution in [0.2, 0.25) is 0 Å². The van der Waals surface area contributed by atoms with Crippen LogP contribution in [0.15, 0.2) is 82.3 Å². The molecule has 4 heterocycles. The fraction of sp³-hybridized carbons (Fsp3) is 0.370. The number of nitrogens with one attached hydrogen (secondary N) is 1. The summed E-state index contributed by atoms with van der Waals surface area (Å²) in [6, 6.07) is 13.4. The van der Waals surface area contributed by atoms with E-state index in [9.17, 15) is 39.6 Å². The lowest BCUT2D eigenvalue weighted by atomic mass is 10.0. The molecule has 7 rings (SSSR count). The van der Waals surface area contributed by atoms with Gasteiger partial charge in [-0.3, -0.25) is 13.7 Å². The van der Waals surface area contributed by atoms with E-state index in [-0.39, 0.29) is 65.8 Å². The van der Waals surface area contributed by atoms with Crippen molar-refractivity contribution >= 4 is 42.7 Å². The number of sulfone groups is 2. The lowest BCUT2D eigenvalue weighted by Crippen LogP contribution is -2.35. The van der Waals surface area contributed by atoms with Gasteiger partial charge in [-0.05, 0) is 77.2 Å². The van der Waals surface area contributed by atoms with Crippen molar-refractivity contribution in [2.24, 2.45) is 0 Å². The Balaban J connectivity index is 1.13. The third-order valence-corrected chi connectivity index (χ3v) is 13.2. The largest absolute Gasteiger partial charge is 0.493 e. The Morgan fingerprint density at radius 1 is 0.794 bits per heavy atom. The number of anilines is 1. The monoisotopic (exact) mass is 986 g/mol. The van der Waals surface area contributed by atoms with Crippen molar-refractivity contribution in [3.05, 3.63) is 133 Å². The van der Waals surface area contributed by atoms with Crippen LogP contribution >= 0.6 is 0 Å². The van der Waals surface area contributed by atoms with Crippen LogP contribution in [0.25, 0.3) is 17.2 Å². The molecular formula is C46H50F4N6O10S2. The number of ether oxygens (including phenoxy) is 4. The maximum absolute atomic E-state index is 15.9. The quantitative estimate of drug-likeness (QED) is 0.0916. The first kappa shape index (κ1) is 49.4. The van der Waals surface area contributed by atoms with Crippen molar-refractivity contribution in [2.75, 3.05) is 69.9 Å². The zero-order valence-corrected chi connectivity index (χ0v) is 39.6. The molecule has 0 fully saturated rings. The van der Waals surface area contributed by atoms with Gasteiger partial charge in [-0.1, -0.05) is 24.3 Å². The molecule has 2 unspecified atom stereocenters. The van der Waals surface area contributed by atoms with E-state index >= 15 is 4.39 Å². The van der Waals surface area contributed by atoms with Gasteiger partial charge in [0.2, 0.25) is 0 Å². The summed E-state index contributed by atoms with van der Waals surface area (Å²) in [6.45, 7) is 0.754. The third-order valence-electron chi connectivity index (χ3n) is 11.4. The molecule has 0 saturated heterocycles. The summed E-state index contributed by atoms with van der Waals surface area (Å²) in [7, 11) is -3.16. The lowest BCUT2D eigenvalue weighted by Gasteiger charge is -2.28. The molecule has 1 aliphatic rings. The number of halogens is 4. The average molecular weight is 987 g/mol. The van der Waals surface area contributed by atoms with Crippen LogP contribution in [0.5, 0.6) is 23.0 Å². The second-order valence-corrected chi connectivity index (χ2v) is 20.8. The van der Waals surface area contributed by atoms with Crippen molar-refractivity contribution < 1.29 is 53.3 Å². The molecule has 68 heavy (non-hydrogen) atoms. The Kier molecular flexibility index (Phi) is 14.5. The van der Waals surface area contributed by atoms with Crippen molar-refractivity contribution in [2.45, 2.75) is 44.8 Å². The second kappa shape index (κ2) is 20.0. The molecule has 1 aliphatic heterocycles. The molecule has 16 nitrogen and oxygen atoms in total. The van der Waals surface area contributed by atoms with E-state index in [2.05, 4.69) is 9.97 Å². The number of H-pyrrole nitrogens is 1. The number of alkyl halides is 2. The average Bonchev–Trinajstić information content (AvgIpc) is 3.74. The van der Waals surface area contributed by atoms with Gasteiger partial charge in [0.05, 0.1) is 75.3 Å². The van der Waals surface area contributed by atoms with Crippen LogP contribution in [0.1, 0.15) is 52.5 Å². The number of hydrogen-bond acceptors (Lipinski definition) is 12. The highest BCUT2D eigenvalue weighted by Gasteiger charge is 2.34. The number of rotatable bonds is 20. The topological polar surface area (TPSA) is 186 Å². The fourth-order valence-corrected chi connectivity index (χ4v) is 10.3. The first-order chi connectivity index (χ1) is 32.2. The Morgan fingerprint density at radius 2 is 1.41 bits per heavy atom. The number of nitrogens with zero attached hydrogens (tertiary/aromatic N) is 5. The predicted octanol–water partition coefficient (Wildman–Crippen LogP) is 5.75. The highest BCUT2D eigenvalue weighted by Crippen LogP contribution is 2.37. The molecule has 6 aromatic rings. The smallest absolute Gasteiger partial charge is 0.331 e. The summed E-state index contributed by atoms with van der Waals surface area (Å²) in [6.07, 6.45) is 1.76. The predicted molar refractivity (Wildman–Crippen MR) is 249 cm³/mol. The van der Waals surface area contributed by atoms with Gasteiger partial charge in [0.25, 0.3) is 6.43 Å².